The van der Waals surface area contributed by atoms with E-state index in [9.17, 15) is 8.42 Å². The van der Waals surface area contributed by atoms with Crippen molar-refractivity contribution in [3.05, 3.63) is 0 Å². The van der Waals surface area contributed by atoms with Crippen molar-refractivity contribution >= 4 is 22.0 Å². The molecule has 0 aromatic rings. The van der Waals surface area contributed by atoms with Crippen LogP contribution in [-0.4, -0.2) is 45.4 Å². The molecular formula is C5H14N2O2S2. The summed E-state index contributed by atoms with van der Waals surface area (Å²) in [6, 6.07) is 0. The molecule has 0 aromatic carbocycles. The van der Waals surface area contributed by atoms with E-state index in [1.54, 1.807) is 11.8 Å². The van der Waals surface area contributed by atoms with Crippen LogP contribution in [0.4, 0.5) is 0 Å². The molecule has 11 heavy (non-hydrogen) atoms. The van der Waals surface area contributed by atoms with Crippen molar-refractivity contribution in [2.75, 3.05) is 32.6 Å². The lowest BCUT2D eigenvalue weighted by molar-refractivity contribution is 0.508. The molecular weight excluding hydrogens is 184 g/mol. The van der Waals surface area contributed by atoms with Crippen LogP contribution in [0, 0.1) is 0 Å². The molecule has 0 saturated carbocycles. The van der Waals surface area contributed by atoms with Crippen LogP contribution in [0.5, 0.6) is 0 Å². The van der Waals surface area contributed by atoms with E-state index in [0.29, 0.717) is 6.54 Å². The molecule has 68 valence electrons. The maximum Gasteiger partial charge on any atom is 0.278 e. The Morgan fingerprint density at radius 1 is 1.45 bits per heavy atom. The molecule has 0 rings (SSSR count). The topological polar surface area (TPSA) is 49.4 Å². The Labute approximate surface area is 72.5 Å². The standard InChI is InChI=1S/C5H14N2O2S2/c1-7(2)11(8,9)6-4-5-10-3/h6H,4-5H2,1-3H3. The summed E-state index contributed by atoms with van der Waals surface area (Å²) in [5.74, 6) is 0.799. The molecule has 0 spiro atoms. The van der Waals surface area contributed by atoms with Gasteiger partial charge in [-0.25, -0.2) is 4.72 Å². The smallest absolute Gasteiger partial charge is 0.201 e. The van der Waals surface area contributed by atoms with Gasteiger partial charge in [-0.1, -0.05) is 0 Å². The van der Waals surface area contributed by atoms with Crippen molar-refractivity contribution in [2.45, 2.75) is 0 Å². The first kappa shape index (κ1) is 11.2. The second kappa shape index (κ2) is 4.97. The lowest BCUT2D eigenvalue weighted by Gasteiger charge is -2.11. The predicted octanol–water partition coefficient (Wildman–Crippen LogP) is -0.255. The number of nitrogens with one attached hydrogen (secondary N) is 1. The molecule has 0 bridgehead atoms. The van der Waals surface area contributed by atoms with Crippen LogP contribution in [0.15, 0.2) is 0 Å². The summed E-state index contributed by atoms with van der Waals surface area (Å²) >= 11 is 1.61. The van der Waals surface area contributed by atoms with Gasteiger partial charge in [-0.3, -0.25) is 0 Å². The second-order valence-corrected chi connectivity index (χ2v) is 5.13. The predicted molar refractivity (Wildman–Crippen MR) is 49.0 cm³/mol. The van der Waals surface area contributed by atoms with E-state index < -0.39 is 10.2 Å². The molecule has 0 heterocycles. The molecule has 0 amide bonds. The average Bonchev–Trinajstić information content (AvgIpc) is 1.88. The summed E-state index contributed by atoms with van der Waals surface area (Å²) in [7, 11) is -0.198. The van der Waals surface area contributed by atoms with E-state index in [-0.39, 0.29) is 0 Å². The molecule has 0 aliphatic rings. The fraction of sp³-hybridized carbons (Fsp3) is 1.00. The summed E-state index contributed by atoms with van der Waals surface area (Å²) in [5.41, 5.74) is 0. The molecule has 6 heteroatoms. The molecule has 0 atom stereocenters. The first-order chi connectivity index (χ1) is 5.00. The fourth-order valence-corrected chi connectivity index (χ4v) is 1.46. The molecule has 0 radical (unpaired) electrons. The zero-order valence-corrected chi connectivity index (χ0v) is 8.63. The van der Waals surface area contributed by atoms with E-state index in [0.717, 1.165) is 10.1 Å². The summed E-state index contributed by atoms with van der Waals surface area (Å²) in [4.78, 5) is 0. The van der Waals surface area contributed by atoms with Crippen molar-refractivity contribution in [3.8, 4) is 0 Å². The SMILES string of the molecule is CSCCNS(=O)(=O)N(C)C. The van der Waals surface area contributed by atoms with Crippen LogP contribution in [0.2, 0.25) is 0 Å². The zero-order chi connectivity index (χ0) is 8.91. The van der Waals surface area contributed by atoms with Crippen LogP contribution in [0.25, 0.3) is 0 Å². The third-order valence-electron chi connectivity index (χ3n) is 1.07. The third-order valence-corrected chi connectivity index (χ3v) is 3.21. The zero-order valence-electron chi connectivity index (χ0n) is 6.99. The normalized spacial score (nSPS) is 12.4. The minimum absolute atomic E-state index is 0.488. The highest BCUT2D eigenvalue weighted by Gasteiger charge is 2.10. The van der Waals surface area contributed by atoms with Gasteiger partial charge >= 0.3 is 0 Å². The summed E-state index contributed by atoms with van der Waals surface area (Å²) in [6.45, 7) is 0.488. The van der Waals surface area contributed by atoms with Crippen molar-refractivity contribution in [1.82, 2.24) is 9.03 Å². The summed E-state index contributed by atoms with van der Waals surface area (Å²) in [6.07, 6.45) is 1.93. The van der Waals surface area contributed by atoms with Gasteiger partial charge in [0, 0.05) is 26.4 Å². The fourth-order valence-electron chi connectivity index (χ4n) is 0.402. The average molecular weight is 198 g/mol. The molecule has 0 aliphatic heterocycles. The first-order valence-electron chi connectivity index (χ1n) is 3.16. The number of rotatable bonds is 5. The molecule has 0 aliphatic carbocycles. The molecule has 1 N–H and O–H groups in total. The third kappa shape index (κ3) is 4.62. The van der Waals surface area contributed by atoms with Crippen LogP contribution in [-0.2, 0) is 10.2 Å². The highest BCUT2D eigenvalue weighted by Crippen LogP contribution is 1.91. The van der Waals surface area contributed by atoms with E-state index in [1.165, 1.54) is 14.1 Å². The lowest BCUT2D eigenvalue weighted by Crippen LogP contribution is -2.36. The van der Waals surface area contributed by atoms with Gasteiger partial charge in [-0.2, -0.15) is 24.5 Å². The van der Waals surface area contributed by atoms with Crippen molar-refractivity contribution in [3.63, 3.8) is 0 Å². The lowest BCUT2D eigenvalue weighted by atomic mass is 10.8. The Morgan fingerprint density at radius 2 is 2.00 bits per heavy atom. The van der Waals surface area contributed by atoms with E-state index in [2.05, 4.69) is 4.72 Å². The Hall–Kier alpha value is 0.220. The molecule has 0 saturated heterocycles. The van der Waals surface area contributed by atoms with Crippen molar-refractivity contribution in [2.24, 2.45) is 0 Å². The maximum atomic E-state index is 11.0. The van der Waals surface area contributed by atoms with Gasteiger partial charge in [0.05, 0.1) is 0 Å². The molecule has 4 nitrogen and oxygen atoms in total. The van der Waals surface area contributed by atoms with Gasteiger partial charge in [0.2, 0.25) is 0 Å². The van der Waals surface area contributed by atoms with Crippen LogP contribution in [0.1, 0.15) is 0 Å². The van der Waals surface area contributed by atoms with Gasteiger partial charge in [-0.15, -0.1) is 0 Å². The highest BCUT2D eigenvalue weighted by molar-refractivity contribution is 7.98. The molecule has 0 aromatic heterocycles. The number of hydrogen-bond acceptors (Lipinski definition) is 3. The van der Waals surface area contributed by atoms with Crippen LogP contribution < -0.4 is 4.72 Å². The van der Waals surface area contributed by atoms with E-state index in [4.69, 9.17) is 0 Å². The Balaban J connectivity index is 3.75. The van der Waals surface area contributed by atoms with Crippen molar-refractivity contribution < 1.29 is 8.42 Å². The quantitative estimate of drug-likeness (QED) is 0.620. The molecule has 0 fully saturated rings. The summed E-state index contributed by atoms with van der Waals surface area (Å²) < 4.78 is 25.6. The highest BCUT2D eigenvalue weighted by atomic mass is 32.2. The summed E-state index contributed by atoms with van der Waals surface area (Å²) in [5, 5.41) is 0. The van der Waals surface area contributed by atoms with Crippen LogP contribution in [0.3, 0.4) is 0 Å². The molecule has 0 unspecified atom stereocenters. The van der Waals surface area contributed by atoms with E-state index >= 15 is 0 Å². The minimum Gasteiger partial charge on any atom is -0.201 e. The van der Waals surface area contributed by atoms with Crippen LogP contribution >= 0.6 is 11.8 Å². The number of thioether (sulfide) groups is 1. The van der Waals surface area contributed by atoms with Crippen molar-refractivity contribution in [1.29, 1.82) is 0 Å². The van der Waals surface area contributed by atoms with Gasteiger partial charge < -0.3 is 0 Å². The first-order valence-corrected chi connectivity index (χ1v) is 6.00. The van der Waals surface area contributed by atoms with E-state index in [1.807, 2.05) is 6.26 Å². The second-order valence-electron chi connectivity index (χ2n) is 2.17. The minimum atomic E-state index is -3.20. The van der Waals surface area contributed by atoms with Gasteiger partial charge in [0.15, 0.2) is 0 Å². The van der Waals surface area contributed by atoms with Gasteiger partial charge in [0.1, 0.15) is 0 Å². The Morgan fingerprint density at radius 3 is 2.36 bits per heavy atom. The number of nitrogens with zero attached hydrogens (tertiary/aromatic N) is 1. The largest absolute Gasteiger partial charge is 0.278 e. The number of hydrogen-bond donors (Lipinski definition) is 1. The van der Waals surface area contributed by atoms with Gasteiger partial charge in [-0.05, 0) is 6.26 Å². The maximum absolute atomic E-state index is 11.0. The monoisotopic (exact) mass is 198 g/mol. The Bertz CT molecular complexity index is 189. The van der Waals surface area contributed by atoms with Gasteiger partial charge in [0.25, 0.3) is 10.2 Å². The Kier molecular flexibility index (Phi) is 5.07.